The van der Waals surface area contributed by atoms with Crippen molar-refractivity contribution in [1.29, 1.82) is 0 Å². The van der Waals surface area contributed by atoms with Crippen LogP contribution in [-0.2, 0) is 0 Å². The molecule has 0 aliphatic heterocycles. The lowest BCUT2D eigenvalue weighted by molar-refractivity contribution is 0.963. The van der Waals surface area contributed by atoms with E-state index in [4.69, 9.17) is 23.2 Å². The number of nitrogens with zero attached hydrogens (tertiary/aromatic N) is 2. The zero-order valence-corrected chi connectivity index (χ0v) is 13.4. The molecule has 0 radical (unpaired) electrons. The molecule has 3 aromatic rings. The van der Waals surface area contributed by atoms with Crippen molar-refractivity contribution in [3.63, 3.8) is 0 Å². The molecule has 2 aromatic heterocycles. The number of benzene rings is 1. The van der Waals surface area contributed by atoms with Gasteiger partial charge in [0.15, 0.2) is 5.15 Å². The van der Waals surface area contributed by atoms with E-state index in [1.165, 1.54) is 15.9 Å². The fraction of sp³-hybridized carbons (Fsp3) is 0.0769. The Labute approximate surface area is 133 Å². The van der Waals surface area contributed by atoms with E-state index < -0.39 is 5.69 Å². The molecule has 0 bridgehead atoms. The van der Waals surface area contributed by atoms with Crippen LogP contribution in [-0.4, -0.2) is 15.8 Å². The Morgan fingerprint density at radius 3 is 2.75 bits per heavy atom. The van der Waals surface area contributed by atoms with Crippen LogP contribution in [0.4, 0.5) is 0 Å². The molecule has 0 atom stereocenters. The monoisotopic (exact) mass is 342 g/mol. The largest absolute Gasteiger partial charge is 0.354 e. The molecule has 3 nitrogen and oxygen atoms in total. The average molecular weight is 343 g/mol. The maximum atomic E-state index is 12.2. The normalized spacial score (nSPS) is 11.2. The summed E-state index contributed by atoms with van der Waals surface area (Å²) in [5.41, 5.74) is 0.914. The van der Waals surface area contributed by atoms with Gasteiger partial charge in [0.1, 0.15) is 0 Å². The summed E-state index contributed by atoms with van der Waals surface area (Å²) in [6, 6.07) is 9.11. The Hall–Kier alpha value is -1.01. The van der Waals surface area contributed by atoms with Gasteiger partial charge in [-0.1, -0.05) is 35.3 Å². The summed E-state index contributed by atoms with van der Waals surface area (Å²) < 4.78 is 3.35. The van der Waals surface area contributed by atoms with E-state index in [0.29, 0.717) is 10.7 Å². The summed E-state index contributed by atoms with van der Waals surface area (Å²) >= 11 is 15.4. The number of hydrogen-bond donors (Lipinski definition) is 0. The predicted molar refractivity (Wildman–Crippen MR) is 87.0 cm³/mol. The van der Waals surface area contributed by atoms with Crippen molar-refractivity contribution < 1.29 is 0 Å². The topological polar surface area (TPSA) is 34.9 Å². The lowest BCUT2D eigenvalue weighted by Gasteiger charge is -2.08. The average Bonchev–Trinajstić information content (AvgIpc) is 2.85. The molecule has 0 fully saturated rings. The van der Waals surface area contributed by atoms with E-state index in [1.807, 2.05) is 24.5 Å². The molecule has 0 amide bonds. The van der Waals surface area contributed by atoms with Crippen LogP contribution in [0.5, 0.6) is 0 Å². The number of aromatic nitrogens is 2. The minimum Gasteiger partial charge on any atom is -0.258 e. The molecule has 0 saturated carbocycles. The molecule has 0 saturated heterocycles. The SMILES string of the molecule is CSc1cc2c(s1)c(Cl)nc(=O)n2-c1ccccc1Cl. The highest BCUT2D eigenvalue weighted by Gasteiger charge is 2.15. The van der Waals surface area contributed by atoms with Gasteiger partial charge in [-0.25, -0.2) is 4.79 Å². The van der Waals surface area contributed by atoms with E-state index in [9.17, 15) is 4.79 Å². The number of halogens is 2. The van der Waals surface area contributed by atoms with Crippen molar-refractivity contribution in [2.75, 3.05) is 6.26 Å². The third-order valence-corrected chi connectivity index (χ3v) is 5.70. The van der Waals surface area contributed by atoms with E-state index in [-0.39, 0.29) is 5.15 Å². The zero-order valence-electron chi connectivity index (χ0n) is 10.3. The van der Waals surface area contributed by atoms with E-state index in [1.54, 1.807) is 23.9 Å². The van der Waals surface area contributed by atoms with E-state index in [0.717, 1.165) is 14.4 Å². The van der Waals surface area contributed by atoms with E-state index >= 15 is 0 Å². The molecular weight excluding hydrogens is 335 g/mol. The van der Waals surface area contributed by atoms with Gasteiger partial charge in [-0.05, 0) is 24.5 Å². The second-order valence-corrected chi connectivity index (χ2v) is 6.88. The number of fused-ring (bicyclic) bond motifs is 1. The van der Waals surface area contributed by atoms with Crippen molar-refractivity contribution in [2.45, 2.75) is 4.21 Å². The van der Waals surface area contributed by atoms with Crippen LogP contribution in [0.1, 0.15) is 0 Å². The Bertz CT molecular complexity index is 857. The van der Waals surface area contributed by atoms with Gasteiger partial charge in [0.2, 0.25) is 0 Å². The Kier molecular flexibility index (Phi) is 3.77. The van der Waals surface area contributed by atoms with Crippen molar-refractivity contribution in [2.24, 2.45) is 0 Å². The molecule has 0 spiro atoms. The third kappa shape index (κ3) is 2.24. The molecule has 0 aliphatic rings. The molecule has 0 N–H and O–H groups in total. The Morgan fingerprint density at radius 2 is 2.05 bits per heavy atom. The van der Waals surface area contributed by atoms with Gasteiger partial charge in [0.05, 0.1) is 25.1 Å². The quantitative estimate of drug-likeness (QED) is 0.508. The van der Waals surface area contributed by atoms with Crippen LogP contribution in [0.3, 0.4) is 0 Å². The van der Waals surface area contributed by atoms with Crippen LogP contribution >= 0.6 is 46.3 Å². The molecule has 20 heavy (non-hydrogen) atoms. The Morgan fingerprint density at radius 1 is 1.30 bits per heavy atom. The van der Waals surface area contributed by atoms with Gasteiger partial charge >= 0.3 is 5.69 Å². The van der Waals surface area contributed by atoms with Crippen LogP contribution in [0.15, 0.2) is 39.3 Å². The molecule has 0 aliphatic carbocycles. The standard InChI is InChI=1S/C13H8Cl2N2OS2/c1-19-10-6-9-11(20-10)12(15)16-13(18)17(9)8-5-3-2-4-7(8)14/h2-6H,1H3. The van der Waals surface area contributed by atoms with Gasteiger partial charge < -0.3 is 0 Å². The third-order valence-electron chi connectivity index (χ3n) is 2.80. The van der Waals surface area contributed by atoms with Crippen LogP contribution in [0.2, 0.25) is 10.2 Å². The molecule has 2 heterocycles. The van der Waals surface area contributed by atoms with Crippen molar-refractivity contribution in [1.82, 2.24) is 9.55 Å². The summed E-state index contributed by atoms with van der Waals surface area (Å²) in [4.78, 5) is 16.1. The maximum absolute atomic E-state index is 12.2. The smallest absolute Gasteiger partial charge is 0.258 e. The van der Waals surface area contributed by atoms with Gasteiger partial charge in [-0.15, -0.1) is 23.1 Å². The van der Waals surface area contributed by atoms with Crippen molar-refractivity contribution >= 4 is 56.5 Å². The molecule has 3 rings (SSSR count). The first-order chi connectivity index (χ1) is 9.61. The van der Waals surface area contributed by atoms with Crippen LogP contribution in [0, 0.1) is 0 Å². The first-order valence-corrected chi connectivity index (χ1v) is 8.42. The number of hydrogen-bond acceptors (Lipinski definition) is 4. The highest BCUT2D eigenvalue weighted by Crippen LogP contribution is 2.35. The van der Waals surface area contributed by atoms with Crippen LogP contribution in [0.25, 0.3) is 15.9 Å². The maximum Gasteiger partial charge on any atom is 0.354 e. The molecule has 1 aromatic carbocycles. The number of thiophene rings is 1. The predicted octanol–water partition coefficient (Wildman–Crippen LogP) is 4.48. The number of rotatable bonds is 2. The summed E-state index contributed by atoms with van der Waals surface area (Å²) in [6.07, 6.45) is 1.98. The Balaban J connectivity index is 2.44. The summed E-state index contributed by atoms with van der Waals surface area (Å²) in [5, 5.41) is 0.732. The lowest BCUT2D eigenvalue weighted by Crippen LogP contribution is -2.21. The fourth-order valence-corrected chi connectivity index (χ4v) is 4.00. The molecule has 7 heteroatoms. The summed E-state index contributed by atoms with van der Waals surface area (Å²) in [5.74, 6) is 0. The number of thioether (sulfide) groups is 1. The molecule has 102 valence electrons. The summed E-state index contributed by atoms with van der Waals surface area (Å²) in [6.45, 7) is 0. The highest BCUT2D eigenvalue weighted by atomic mass is 35.5. The second kappa shape index (κ2) is 5.41. The van der Waals surface area contributed by atoms with E-state index in [2.05, 4.69) is 4.98 Å². The van der Waals surface area contributed by atoms with Gasteiger partial charge in [-0.2, -0.15) is 4.98 Å². The van der Waals surface area contributed by atoms with Gasteiger partial charge in [0.25, 0.3) is 0 Å². The van der Waals surface area contributed by atoms with Crippen LogP contribution < -0.4 is 5.69 Å². The molecule has 0 unspecified atom stereocenters. The first kappa shape index (κ1) is 13.9. The fourth-order valence-electron chi connectivity index (χ4n) is 1.93. The van der Waals surface area contributed by atoms with Gasteiger partial charge in [-0.3, -0.25) is 4.57 Å². The minimum atomic E-state index is -0.430. The molecular formula is C13H8Cl2N2OS2. The summed E-state index contributed by atoms with van der Waals surface area (Å²) in [7, 11) is 0. The van der Waals surface area contributed by atoms with Gasteiger partial charge in [0, 0.05) is 0 Å². The number of para-hydroxylation sites is 1. The zero-order chi connectivity index (χ0) is 14.3. The minimum absolute atomic E-state index is 0.235. The second-order valence-electron chi connectivity index (χ2n) is 3.96. The van der Waals surface area contributed by atoms with Crippen molar-refractivity contribution in [3.05, 3.63) is 51.0 Å². The first-order valence-electron chi connectivity index (χ1n) is 5.63. The highest BCUT2D eigenvalue weighted by molar-refractivity contribution is 8.00. The lowest BCUT2D eigenvalue weighted by atomic mass is 10.3. The van der Waals surface area contributed by atoms with Crippen molar-refractivity contribution in [3.8, 4) is 5.69 Å².